The van der Waals surface area contributed by atoms with Crippen molar-refractivity contribution in [3.8, 4) is 0 Å². The number of aliphatic hydroxyl groups excluding tert-OH is 2. The second-order valence-corrected chi connectivity index (χ2v) is 8.43. The molecule has 0 saturated carbocycles. The Hall–Kier alpha value is -2.58. The zero-order valence-corrected chi connectivity index (χ0v) is 19.1. The summed E-state index contributed by atoms with van der Waals surface area (Å²) in [5.41, 5.74) is 3.02. The fourth-order valence-corrected chi connectivity index (χ4v) is 4.16. The minimum Gasteiger partial charge on any atom is -0.396 e. The third-order valence-electron chi connectivity index (χ3n) is 5.99. The van der Waals surface area contributed by atoms with E-state index < -0.39 is 30.5 Å². The minimum atomic E-state index is -1.21. The van der Waals surface area contributed by atoms with Crippen LogP contribution in [0.25, 0.3) is 0 Å². The number of ether oxygens (including phenoxy) is 4. The van der Waals surface area contributed by atoms with Crippen LogP contribution in [-0.4, -0.2) is 48.0 Å². The predicted octanol–water partition coefficient (Wildman–Crippen LogP) is 3.70. The number of hydrogen-bond acceptors (Lipinski definition) is 6. The molecule has 180 valence electrons. The minimum absolute atomic E-state index is 0.184. The summed E-state index contributed by atoms with van der Waals surface area (Å²) in [7, 11) is 0. The van der Waals surface area contributed by atoms with Crippen molar-refractivity contribution in [3.63, 3.8) is 0 Å². The molecule has 6 heteroatoms. The first kappa shape index (κ1) is 24.5. The summed E-state index contributed by atoms with van der Waals surface area (Å²) >= 11 is 0. The van der Waals surface area contributed by atoms with Crippen molar-refractivity contribution in [1.29, 1.82) is 0 Å². The smallest absolute Gasteiger partial charge is 0.184 e. The molecule has 0 spiro atoms. The SMILES string of the molecule is OC[C@H]1[C@H](OCc2ccccc2)[C@@H](OCc2ccccc2)[C@@H](O)O[C@@H]1COCc1ccccc1. The average Bonchev–Trinajstić information content (AvgIpc) is 2.88. The molecule has 0 bridgehead atoms. The maximum absolute atomic E-state index is 10.9. The highest BCUT2D eigenvalue weighted by molar-refractivity contribution is 5.15. The third kappa shape index (κ3) is 6.73. The molecule has 0 radical (unpaired) electrons. The van der Waals surface area contributed by atoms with Crippen LogP contribution in [0.3, 0.4) is 0 Å². The van der Waals surface area contributed by atoms with Gasteiger partial charge < -0.3 is 29.2 Å². The summed E-state index contributed by atoms with van der Waals surface area (Å²) < 4.78 is 24.1. The topological polar surface area (TPSA) is 77.4 Å². The second-order valence-electron chi connectivity index (χ2n) is 8.43. The molecule has 0 aliphatic carbocycles. The highest BCUT2D eigenvalue weighted by atomic mass is 16.7. The lowest BCUT2D eigenvalue weighted by Gasteiger charge is -2.44. The lowest BCUT2D eigenvalue weighted by atomic mass is 9.89. The average molecular weight is 465 g/mol. The van der Waals surface area contributed by atoms with Crippen LogP contribution in [0.4, 0.5) is 0 Å². The Kier molecular flexibility index (Phi) is 9.21. The Morgan fingerprint density at radius 2 is 1.12 bits per heavy atom. The predicted molar refractivity (Wildman–Crippen MR) is 128 cm³/mol. The molecular formula is C28H32O6. The van der Waals surface area contributed by atoms with Gasteiger partial charge >= 0.3 is 0 Å². The van der Waals surface area contributed by atoms with Crippen LogP contribution in [0, 0.1) is 5.92 Å². The highest BCUT2D eigenvalue weighted by Gasteiger charge is 2.46. The van der Waals surface area contributed by atoms with E-state index in [0.29, 0.717) is 19.8 Å². The van der Waals surface area contributed by atoms with E-state index in [1.54, 1.807) is 0 Å². The number of rotatable bonds is 11. The van der Waals surface area contributed by atoms with Crippen LogP contribution in [-0.2, 0) is 38.8 Å². The van der Waals surface area contributed by atoms with Crippen LogP contribution in [0.2, 0.25) is 0 Å². The summed E-state index contributed by atoms with van der Waals surface area (Å²) in [6, 6.07) is 29.4. The largest absolute Gasteiger partial charge is 0.396 e. The number of hydrogen-bond donors (Lipinski definition) is 2. The van der Waals surface area contributed by atoms with E-state index in [9.17, 15) is 10.2 Å². The van der Waals surface area contributed by atoms with Crippen LogP contribution in [0.1, 0.15) is 16.7 Å². The maximum Gasteiger partial charge on any atom is 0.184 e. The van der Waals surface area contributed by atoms with Gasteiger partial charge in [-0.05, 0) is 16.7 Å². The van der Waals surface area contributed by atoms with E-state index in [-0.39, 0.29) is 13.2 Å². The summed E-state index contributed by atoms with van der Waals surface area (Å²) in [5, 5.41) is 21.1. The third-order valence-corrected chi connectivity index (χ3v) is 5.99. The molecule has 5 atom stereocenters. The number of benzene rings is 3. The molecule has 1 aliphatic heterocycles. The van der Waals surface area contributed by atoms with Gasteiger partial charge in [0.15, 0.2) is 6.29 Å². The Morgan fingerprint density at radius 1 is 0.647 bits per heavy atom. The van der Waals surface area contributed by atoms with Gasteiger partial charge in [0.2, 0.25) is 0 Å². The number of aliphatic hydroxyl groups is 2. The fraction of sp³-hybridized carbons (Fsp3) is 0.357. The van der Waals surface area contributed by atoms with Crippen molar-refractivity contribution in [2.75, 3.05) is 13.2 Å². The molecule has 1 heterocycles. The van der Waals surface area contributed by atoms with Crippen LogP contribution >= 0.6 is 0 Å². The quantitative estimate of drug-likeness (QED) is 0.451. The van der Waals surface area contributed by atoms with Crippen molar-refractivity contribution >= 4 is 0 Å². The maximum atomic E-state index is 10.9. The first-order valence-corrected chi connectivity index (χ1v) is 11.6. The standard InChI is InChI=1S/C28H32O6/c29-16-24-25(20-31-17-21-10-4-1-5-11-21)34-28(30)27(33-19-23-14-8-3-9-15-23)26(24)32-18-22-12-6-2-7-13-22/h1-15,24-30H,16-20H2/t24-,25-,26+,27-,28+/m1/s1. The van der Waals surface area contributed by atoms with Crippen molar-refractivity contribution in [2.45, 2.75) is 44.4 Å². The van der Waals surface area contributed by atoms with Crippen molar-refractivity contribution in [2.24, 2.45) is 5.92 Å². The van der Waals surface area contributed by atoms with Crippen LogP contribution in [0.15, 0.2) is 91.0 Å². The van der Waals surface area contributed by atoms with Gasteiger partial charge in [-0.25, -0.2) is 0 Å². The summed E-state index contributed by atoms with van der Waals surface area (Å²) in [6.07, 6.45) is -3.09. The van der Waals surface area contributed by atoms with Gasteiger partial charge in [-0.15, -0.1) is 0 Å². The van der Waals surface area contributed by atoms with E-state index in [1.165, 1.54) is 0 Å². The Bertz CT molecular complexity index is 952. The van der Waals surface area contributed by atoms with Crippen LogP contribution in [0.5, 0.6) is 0 Å². The van der Waals surface area contributed by atoms with Gasteiger partial charge in [-0.2, -0.15) is 0 Å². The lowest BCUT2D eigenvalue weighted by Crippen LogP contribution is -2.58. The fourth-order valence-electron chi connectivity index (χ4n) is 4.16. The zero-order chi connectivity index (χ0) is 23.6. The molecule has 4 rings (SSSR count). The molecule has 34 heavy (non-hydrogen) atoms. The van der Waals surface area contributed by atoms with E-state index >= 15 is 0 Å². The molecule has 0 amide bonds. The summed E-state index contributed by atoms with van der Waals surface area (Å²) in [4.78, 5) is 0. The summed E-state index contributed by atoms with van der Waals surface area (Å²) in [6.45, 7) is 1.07. The van der Waals surface area contributed by atoms with E-state index in [1.807, 2.05) is 91.0 Å². The molecule has 1 fully saturated rings. The van der Waals surface area contributed by atoms with E-state index in [2.05, 4.69) is 0 Å². The monoisotopic (exact) mass is 464 g/mol. The zero-order valence-electron chi connectivity index (χ0n) is 19.1. The molecule has 0 unspecified atom stereocenters. The molecule has 1 saturated heterocycles. The Morgan fingerprint density at radius 3 is 1.62 bits per heavy atom. The van der Waals surface area contributed by atoms with Crippen LogP contribution < -0.4 is 0 Å². The van der Waals surface area contributed by atoms with E-state index in [0.717, 1.165) is 16.7 Å². The van der Waals surface area contributed by atoms with E-state index in [4.69, 9.17) is 18.9 Å². The molecule has 3 aromatic carbocycles. The van der Waals surface area contributed by atoms with Crippen molar-refractivity contribution in [1.82, 2.24) is 0 Å². The first-order valence-electron chi connectivity index (χ1n) is 11.6. The highest BCUT2D eigenvalue weighted by Crippen LogP contribution is 2.31. The van der Waals surface area contributed by atoms with Gasteiger partial charge in [0.05, 0.1) is 45.2 Å². The normalized spacial score (nSPS) is 24.7. The summed E-state index contributed by atoms with van der Waals surface area (Å²) in [5.74, 6) is -0.427. The van der Waals surface area contributed by atoms with Crippen molar-refractivity contribution in [3.05, 3.63) is 108 Å². The molecule has 0 aromatic heterocycles. The van der Waals surface area contributed by atoms with Gasteiger partial charge in [-0.1, -0.05) is 91.0 Å². The second kappa shape index (κ2) is 12.8. The lowest BCUT2D eigenvalue weighted by molar-refractivity contribution is -0.301. The van der Waals surface area contributed by atoms with Gasteiger partial charge in [0.25, 0.3) is 0 Å². The van der Waals surface area contributed by atoms with Gasteiger partial charge in [0, 0.05) is 5.92 Å². The Balaban J connectivity index is 1.45. The van der Waals surface area contributed by atoms with Crippen molar-refractivity contribution < 1.29 is 29.2 Å². The molecule has 6 nitrogen and oxygen atoms in total. The van der Waals surface area contributed by atoms with Gasteiger partial charge in [0.1, 0.15) is 6.10 Å². The van der Waals surface area contributed by atoms with Gasteiger partial charge in [-0.3, -0.25) is 0 Å². The molecule has 1 aliphatic rings. The molecule has 3 aromatic rings. The molecular weight excluding hydrogens is 432 g/mol. The Labute approximate surface area is 200 Å². The molecule has 2 N–H and O–H groups in total. The first-order chi connectivity index (χ1) is 16.7.